The van der Waals surface area contributed by atoms with Crippen LogP contribution in [0.3, 0.4) is 0 Å². The molecule has 0 spiro atoms. The smallest absolute Gasteiger partial charge is 0.481 e. The van der Waals surface area contributed by atoms with Crippen molar-refractivity contribution in [3.8, 4) is 0 Å². The van der Waals surface area contributed by atoms with Crippen molar-refractivity contribution in [2.45, 2.75) is 12.4 Å². The third kappa shape index (κ3) is 4.49. The first kappa shape index (κ1) is 14.2. The number of carbonyl (C=O) groups is 1. The molecular weight excluding hydrogens is 243 g/mol. The SMILES string of the molecule is CN(CCOC(F)(F)F)C1COCC1C(=O)O. The first-order valence-electron chi connectivity index (χ1n) is 5.02. The fourth-order valence-electron chi connectivity index (χ4n) is 1.68. The molecule has 2 atom stereocenters. The maximum absolute atomic E-state index is 11.7. The van der Waals surface area contributed by atoms with Gasteiger partial charge in [0.15, 0.2) is 0 Å². The van der Waals surface area contributed by atoms with E-state index in [1.807, 2.05) is 0 Å². The number of nitrogens with zero attached hydrogens (tertiary/aromatic N) is 1. The Morgan fingerprint density at radius 2 is 2.18 bits per heavy atom. The molecule has 0 aromatic rings. The Bertz CT molecular complexity index is 271. The average molecular weight is 257 g/mol. The van der Waals surface area contributed by atoms with Crippen LogP contribution in [0.25, 0.3) is 0 Å². The van der Waals surface area contributed by atoms with Gasteiger partial charge in [-0.1, -0.05) is 0 Å². The van der Waals surface area contributed by atoms with Gasteiger partial charge in [0.2, 0.25) is 0 Å². The van der Waals surface area contributed by atoms with Gasteiger partial charge < -0.3 is 9.84 Å². The monoisotopic (exact) mass is 257 g/mol. The Labute approximate surface area is 96.1 Å². The second-order valence-electron chi connectivity index (χ2n) is 3.82. The van der Waals surface area contributed by atoms with Crippen LogP contribution in [0.2, 0.25) is 0 Å². The summed E-state index contributed by atoms with van der Waals surface area (Å²) in [6, 6.07) is -0.413. The largest absolute Gasteiger partial charge is 0.522 e. The summed E-state index contributed by atoms with van der Waals surface area (Å²) >= 11 is 0. The zero-order valence-electron chi connectivity index (χ0n) is 9.24. The van der Waals surface area contributed by atoms with Gasteiger partial charge in [-0.25, -0.2) is 0 Å². The lowest BCUT2D eigenvalue weighted by molar-refractivity contribution is -0.325. The lowest BCUT2D eigenvalue weighted by Gasteiger charge is -2.25. The molecule has 0 aromatic heterocycles. The number of likely N-dealkylation sites (N-methyl/N-ethyl adjacent to an activating group) is 1. The molecule has 0 amide bonds. The zero-order chi connectivity index (χ0) is 13.1. The summed E-state index contributed by atoms with van der Waals surface area (Å²) in [5.41, 5.74) is 0. The first-order chi connectivity index (χ1) is 7.81. The standard InChI is InChI=1S/C9H14F3NO4/c1-13(2-3-17-9(10,11)12)7-5-16-4-6(7)8(14)15/h6-7H,2-5H2,1H3,(H,14,15). The van der Waals surface area contributed by atoms with Crippen molar-refractivity contribution < 1.29 is 32.5 Å². The Morgan fingerprint density at radius 1 is 1.53 bits per heavy atom. The fourth-order valence-corrected chi connectivity index (χ4v) is 1.68. The highest BCUT2D eigenvalue weighted by Gasteiger charge is 2.37. The number of carboxylic acid groups (broad SMARTS) is 1. The van der Waals surface area contributed by atoms with Crippen LogP contribution in [-0.2, 0) is 14.3 Å². The summed E-state index contributed by atoms with van der Waals surface area (Å²) in [6.07, 6.45) is -4.65. The van der Waals surface area contributed by atoms with Crippen LogP contribution >= 0.6 is 0 Å². The summed E-state index contributed by atoms with van der Waals surface area (Å²) in [4.78, 5) is 12.3. The predicted octanol–water partition coefficient (Wildman–Crippen LogP) is 0.554. The molecule has 0 saturated carbocycles. The van der Waals surface area contributed by atoms with Gasteiger partial charge in [-0.05, 0) is 7.05 Å². The van der Waals surface area contributed by atoms with E-state index < -0.39 is 30.9 Å². The van der Waals surface area contributed by atoms with Crippen LogP contribution in [0, 0.1) is 5.92 Å². The number of alkyl halides is 3. The highest BCUT2D eigenvalue weighted by molar-refractivity contribution is 5.71. The number of carboxylic acids is 1. The molecule has 0 aromatic carbocycles. The fraction of sp³-hybridized carbons (Fsp3) is 0.889. The van der Waals surface area contributed by atoms with Crippen molar-refractivity contribution in [2.75, 3.05) is 33.4 Å². The molecule has 1 saturated heterocycles. The van der Waals surface area contributed by atoms with E-state index in [-0.39, 0.29) is 19.8 Å². The normalized spacial score (nSPS) is 25.5. The van der Waals surface area contributed by atoms with Gasteiger partial charge in [0.1, 0.15) is 0 Å². The van der Waals surface area contributed by atoms with Crippen molar-refractivity contribution >= 4 is 5.97 Å². The lowest BCUT2D eigenvalue weighted by Crippen LogP contribution is -2.42. The summed E-state index contributed by atoms with van der Waals surface area (Å²) in [7, 11) is 1.55. The van der Waals surface area contributed by atoms with E-state index >= 15 is 0 Å². The molecule has 1 heterocycles. The van der Waals surface area contributed by atoms with Gasteiger partial charge >= 0.3 is 12.3 Å². The number of hydrogen-bond acceptors (Lipinski definition) is 4. The van der Waals surface area contributed by atoms with Crippen LogP contribution < -0.4 is 0 Å². The highest BCUT2D eigenvalue weighted by atomic mass is 19.4. The summed E-state index contributed by atoms with van der Waals surface area (Å²) in [5.74, 6) is -1.71. The van der Waals surface area contributed by atoms with Crippen molar-refractivity contribution in [3.63, 3.8) is 0 Å². The average Bonchev–Trinajstić information content (AvgIpc) is 2.63. The van der Waals surface area contributed by atoms with Crippen LogP contribution in [-0.4, -0.2) is 61.8 Å². The minimum absolute atomic E-state index is 0.00266. The van der Waals surface area contributed by atoms with Crippen LogP contribution in [0.4, 0.5) is 13.2 Å². The summed E-state index contributed by atoms with van der Waals surface area (Å²) in [5, 5.41) is 8.87. The predicted molar refractivity (Wildman–Crippen MR) is 50.4 cm³/mol. The molecule has 1 rings (SSSR count). The second kappa shape index (κ2) is 5.65. The molecule has 1 aliphatic rings. The molecule has 0 aliphatic carbocycles. The molecule has 5 nitrogen and oxygen atoms in total. The lowest BCUT2D eigenvalue weighted by atomic mass is 10.0. The molecule has 2 unspecified atom stereocenters. The van der Waals surface area contributed by atoms with Gasteiger partial charge in [-0.2, -0.15) is 0 Å². The third-order valence-electron chi connectivity index (χ3n) is 2.64. The molecule has 1 N–H and O–H groups in total. The van der Waals surface area contributed by atoms with Crippen LogP contribution in [0.5, 0.6) is 0 Å². The number of rotatable bonds is 5. The zero-order valence-corrected chi connectivity index (χ0v) is 9.24. The summed E-state index contributed by atoms with van der Waals surface area (Å²) < 4.78 is 43.8. The van der Waals surface area contributed by atoms with Gasteiger partial charge in [0, 0.05) is 12.6 Å². The topological polar surface area (TPSA) is 59.0 Å². The van der Waals surface area contributed by atoms with Crippen molar-refractivity contribution in [1.82, 2.24) is 4.90 Å². The Kier molecular flexibility index (Phi) is 4.72. The quantitative estimate of drug-likeness (QED) is 0.779. The molecule has 0 bridgehead atoms. The number of hydrogen-bond donors (Lipinski definition) is 1. The van der Waals surface area contributed by atoms with Crippen molar-refractivity contribution in [3.05, 3.63) is 0 Å². The first-order valence-corrected chi connectivity index (χ1v) is 5.02. The Hall–Kier alpha value is -0.860. The molecule has 100 valence electrons. The maximum atomic E-state index is 11.7. The Morgan fingerprint density at radius 3 is 2.71 bits per heavy atom. The van der Waals surface area contributed by atoms with E-state index in [1.165, 1.54) is 4.90 Å². The molecule has 0 radical (unpaired) electrons. The van der Waals surface area contributed by atoms with Gasteiger partial charge in [0.05, 0.1) is 25.7 Å². The van der Waals surface area contributed by atoms with E-state index in [4.69, 9.17) is 9.84 Å². The number of aliphatic carboxylic acids is 1. The maximum Gasteiger partial charge on any atom is 0.522 e. The second-order valence-corrected chi connectivity index (χ2v) is 3.82. The molecule has 1 fully saturated rings. The van der Waals surface area contributed by atoms with E-state index in [0.717, 1.165) is 0 Å². The van der Waals surface area contributed by atoms with E-state index in [0.29, 0.717) is 0 Å². The minimum Gasteiger partial charge on any atom is -0.481 e. The van der Waals surface area contributed by atoms with Gasteiger partial charge in [-0.3, -0.25) is 14.4 Å². The van der Waals surface area contributed by atoms with Crippen molar-refractivity contribution in [1.29, 1.82) is 0 Å². The Balaban J connectivity index is 2.36. The van der Waals surface area contributed by atoms with Crippen LogP contribution in [0.1, 0.15) is 0 Å². The van der Waals surface area contributed by atoms with Crippen molar-refractivity contribution in [2.24, 2.45) is 5.92 Å². The number of halogens is 3. The van der Waals surface area contributed by atoms with Crippen LogP contribution in [0.15, 0.2) is 0 Å². The highest BCUT2D eigenvalue weighted by Crippen LogP contribution is 2.20. The summed E-state index contributed by atoms with van der Waals surface area (Å²) in [6.45, 7) is -0.232. The van der Waals surface area contributed by atoms with E-state index in [9.17, 15) is 18.0 Å². The molecular formula is C9H14F3NO4. The third-order valence-corrected chi connectivity index (χ3v) is 2.64. The molecule has 17 heavy (non-hydrogen) atoms. The minimum atomic E-state index is -4.65. The van der Waals surface area contributed by atoms with E-state index in [1.54, 1.807) is 7.05 Å². The van der Waals surface area contributed by atoms with E-state index in [2.05, 4.69) is 4.74 Å². The molecule has 8 heteroatoms. The van der Waals surface area contributed by atoms with Gasteiger partial charge in [0.25, 0.3) is 0 Å². The van der Waals surface area contributed by atoms with Gasteiger partial charge in [-0.15, -0.1) is 13.2 Å². The number of ether oxygens (including phenoxy) is 2. The molecule has 1 aliphatic heterocycles.